The standard InChI is InChI=1S/C5H11N.C5H10O2.C4H9N.C4H11N.C4H8O2.C3H9N.C2H6O.C2H4.7CH4/c1-3-5-6-4-2;1-4(6)5(2)7-3;1-3-4-5-2;1-3-5-4-2;1-4(5)3-6-2;1-3-4-2;1-3-2;1-2;;;;;;;/h3,5-6H,4H2,1-2H3;5H,1-3H3;3-5H,1-2H3;5H,3-4H2,1-2H3;3H2,1-2H3;4H,3H2,1-2H3;1-2H3;1-2H2;7*1H4. The van der Waals surface area contributed by atoms with E-state index in [1.54, 1.807) is 21.1 Å². The Labute approximate surface area is 289 Å². The number of ether oxygens (including phenoxy) is 3. The molecule has 1 unspecified atom stereocenters. The van der Waals surface area contributed by atoms with Crippen LogP contribution >= 0.6 is 0 Å². The van der Waals surface area contributed by atoms with E-state index in [0.29, 0.717) is 0 Å². The fourth-order valence-electron chi connectivity index (χ4n) is 1.02. The molecule has 0 aromatic rings. The second kappa shape index (κ2) is 134. The summed E-state index contributed by atoms with van der Waals surface area (Å²) in [6.07, 6.45) is 7.49. The zero-order chi connectivity index (χ0) is 32.0. The molecule has 0 heterocycles. The summed E-state index contributed by atoms with van der Waals surface area (Å²) in [7, 11) is 10.1. The first kappa shape index (κ1) is 96.8. The van der Waals surface area contributed by atoms with Crippen molar-refractivity contribution in [2.24, 2.45) is 0 Å². The van der Waals surface area contributed by atoms with E-state index >= 15 is 0 Å². The van der Waals surface area contributed by atoms with E-state index in [1.807, 2.05) is 52.5 Å². The lowest BCUT2D eigenvalue weighted by molar-refractivity contribution is -0.125. The SMILES string of the molecule is C.C.C.C.C.C.C.C=C.CC=CNC.CC=CNCC.CCNC.CCNCC.COC.COC(C)C(C)=O.COCC(C)=O. The zero-order valence-electron chi connectivity index (χ0n) is 27.9. The molecule has 0 rings (SSSR count). The minimum Gasteiger partial charge on any atom is -0.394 e. The van der Waals surface area contributed by atoms with Crippen LogP contribution in [0.25, 0.3) is 0 Å². The molecular weight excluding hydrogens is 568 g/mol. The fraction of sp³-hybridized carbons (Fsp3) is 0.778. The molecule has 0 aliphatic carbocycles. The first-order valence-corrected chi connectivity index (χ1v) is 12.9. The van der Waals surface area contributed by atoms with Gasteiger partial charge in [0.05, 0.1) is 0 Å². The lowest BCUT2D eigenvalue weighted by atomic mass is 10.3. The van der Waals surface area contributed by atoms with Gasteiger partial charge in [0.2, 0.25) is 0 Å². The van der Waals surface area contributed by atoms with Crippen LogP contribution in [0.4, 0.5) is 0 Å². The zero-order valence-corrected chi connectivity index (χ0v) is 27.9. The van der Waals surface area contributed by atoms with Gasteiger partial charge in [0.15, 0.2) is 11.6 Å². The predicted molar refractivity (Wildman–Crippen MR) is 217 cm³/mol. The lowest BCUT2D eigenvalue weighted by Crippen LogP contribution is -2.14. The molecule has 4 N–H and O–H groups in total. The number of carbonyl (C=O) groups excluding carboxylic acids is 2. The van der Waals surface area contributed by atoms with E-state index in [0.717, 1.165) is 26.2 Å². The number of nitrogens with one attached hydrogen (secondary N) is 4. The Morgan fingerprint density at radius 2 is 1.04 bits per heavy atom. The van der Waals surface area contributed by atoms with E-state index in [1.165, 1.54) is 28.1 Å². The van der Waals surface area contributed by atoms with Crippen LogP contribution < -0.4 is 21.3 Å². The summed E-state index contributed by atoms with van der Waals surface area (Å²) in [5.41, 5.74) is 0. The summed E-state index contributed by atoms with van der Waals surface area (Å²) >= 11 is 0. The minimum atomic E-state index is -0.236. The largest absolute Gasteiger partial charge is 0.394 e. The van der Waals surface area contributed by atoms with Crippen molar-refractivity contribution in [2.45, 2.75) is 120 Å². The van der Waals surface area contributed by atoms with Gasteiger partial charge in [-0.1, -0.05) is 84.9 Å². The van der Waals surface area contributed by atoms with E-state index in [-0.39, 0.29) is 76.3 Å². The number of hydrogen-bond acceptors (Lipinski definition) is 9. The predicted octanol–water partition coefficient (Wildman–Crippen LogP) is 9.06. The Balaban J connectivity index is -0.0000000175. The molecule has 0 bridgehead atoms. The highest BCUT2D eigenvalue weighted by Crippen LogP contribution is 1.85. The van der Waals surface area contributed by atoms with Crippen LogP contribution in [0, 0.1) is 0 Å². The van der Waals surface area contributed by atoms with Crippen molar-refractivity contribution in [1.29, 1.82) is 0 Å². The van der Waals surface area contributed by atoms with Gasteiger partial charge in [-0.3, -0.25) is 9.59 Å². The number of allylic oxidation sites excluding steroid dienone is 2. The maximum absolute atomic E-state index is 10.2. The molecule has 0 radical (unpaired) electrons. The number of hydrogen-bond donors (Lipinski definition) is 4. The summed E-state index contributed by atoms with van der Waals surface area (Å²) in [5.74, 6) is 0.139. The number of carbonyl (C=O) groups is 2. The molecular formula is C36H96N4O5. The Morgan fingerprint density at radius 3 is 1.07 bits per heavy atom. The molecule has 0 amide bonds. The van der Waals surface area contributed by atoms with E-state index in [4.69, 9.17) is 0 Å². The molecule has 290 valence electrons. The van der Waals surface area contributed by atoms with Crippen LogP contribution in [-0.4, -0.2) is 93.0 Å². The van der Waals surface area contributed by atoms with Crippen molar-refractivity contribution < 1.29 is 23.8 Å². The van der Waals surface area contributed by atoms with Gasteiger partial charge in [-0.25, -0.2) is 0 Å². The van der Waals surface area contributed by atoms with Crippen LogP contribution in [0.15, 0.2) is 37.7 Å². The molecule has 0 saturated carbocycles. The highest BCUT2D eigenvalue weighted by molar-refractivity contribution is 5.79. The molecule has 0 aromatic heterocycles. The molecule has 0 aliphatic rings. The van der Waals surface area contributed by atoms with Crippen LogP contribution in [0.5, 0.6) is 0 Å². The lowest BCUT2D eigenvalue weighted by Gasteiger charge is -2.00. The van der Waals surface area contributed by atoms with Crippen LogP contribution in [0.1, 0.15) is 114 Å². The van der Waals surface area contributed by atoms with Crippen LogP contribution in [0.2, 0.25) is 0 Å². The van der Waals surface area contributed by atoms with Crippen molar-refractivity contribution in [3.8, 4) is 0 Å². The second-order valence-corrected chi connectivity index (χ2v) is 6.54. The van der Waals surface area contributed by atoms with Crippen molar-refractivity contribution in [1.82, 2.24) is 21.3 Å². The molecule has 1 atom stereocenters. The quantitative estimate of drug-likeness (QED) is 0.170. The molecule has 0 spiro atoms. The molecule has 9 nitrogen and oxygen atoms in total. The third-order valence-electron chi connectivity index (χ3n) is 2.95. The maximum Gasteiger partial charge on any atom is 0.158 e. The average Bonchev–Trinajstić information content (AvgIpc) is 2.91. The minimum absolute atomic E-state index is 0. The first-order valence-electron chi connectivity index (χ1n) is 12.9. The Morgan fingerprint density at radius 1 is 0.711 bits per heavy atom. The van der Waals surface area contributed by atoms with Crippen LogP contribution in [0.3, 0.4) is 0 Å². The summed E-state index contributed by atoms with van der Waals surface area (Å²) in [5, 5.41) is 11.9. The van der Waals surface area contributed by atoms with Crippen molar-refractivity contribution in [2.75, 3.05) is 75.3 Å². The normalized spacial score (nSPS) is 7.62. The number of ketones is 2. The average molecular weight is 665 g/mol. The number of methoxy groups -OCH3 is 3. The molecule has 0 aliphatic heterocycles. The van der Waals surface area contributed by atoms with Gasteiger partial charge in [0.25, 0.3) is 0 Å². The Bertz CT molecular complexity index is 420. The van der Waals surface area contributed by atoms with Gasteiger partial charge in [-0.2, -0.15) is 0 Å². The topological polar surface area (TPSA) is 110 Å². The van der Waals surface area contributed by atoms with E-state index in [9.17, 15) is 9.59 Å². The third kappa shape index (κ3) is 299. The van der Waals surface area contributed by atoms with Gasteiger partial charge in [0.1, 0.15) is 12.7 Å². The number of Topliss-reactive ketones (excluding diaryl/α,β-unsaturated/α-hetero) is 2. The molecule has 0 aromatic carbocycles. The highest BCUT2D eigenvalue weighted by Gasteiger charge is 2.01. The molecule has 0 saturated heterocycles. The Kier molecular flexibility index (Phi) is 287. The molecule has 0 fully saturated rings. The maximum atomic E-state index is 10.2. The summed E-state index contributed by atoms with van der Waals surface area (Å²) in [4.78, 5) is 20.2. The van der Waals surface area contributed by atoms with Crippen molar-refractivity contribution in [3.63, 3.8) is 0 Å². The second-order valence-electron chi connectivity index (χ2n) is 6.54. The fourth-order valence-corrected chi connectivity index (χ4v) is 1.02. The van der Waals surface area contributed by atoms with Crippen LogP contribution in [-0.2, 0) is 23.8 Å². The smallest absolute Gasteiger partial charge is 0.158 e. The Hall–Kier alpha value is -2.04. The highest BCUT2D eigenvalue weighted by atomic mass is 16.5. The van der Waals surface area contributed by atoms with Gasteiger partial charge >= 0.3 is 0 Å². The molecule has 45 heavy (non-hydrogen) atoms. The first-order chi connectivity index (χ1) is 18.0. The van der Waals surface area contributed by atoms with Gasteiger partial charge in [-0.05, 0) is 80.6 Å². The molecule has 9 heteroatoms. The summed E-state index contributed by atoms with van der Waals surface area (Å²) in [6, 6.07) is 0. The van der Waals surface area contributed by atoms with E-state index in [2.05, 4.69) is 76.3 Å². The summed E-state index contributed by atoms with van der Waals surface area (Å²) in [6.45, 7) is 27.5. The van der Waals surface area contributed by atoms with Crippen molar-refractivity contribution >= 4 is 11.6 Å². The van der Waals surface area contributed by atoms with Crippen molar-refractivity contribution in [3.05, 3.63) is 37.7 Å². The van der Waals surface area contributed by atoms with Gasteiger partial charge < -0.3 is 35.5 Å². The summed E-state index contributed by atoms with van der Waals surface area (Å²) < 4.78 is 13.4. The van der Waals surface area contributed by atoms with Gasteiger partial charge in [0, 0.05) is 42.0 Å². The van der Waals surface area contributed by atoms with Gasteiger partial charge in [-0.15, -0.1) is 13.2 Å². The van der Waals surface area contributed by atoms with E-state index < -0.39 is 0 Å². The third-order valence-corrected chi connectivity index (χ3v) is 2.95. The number of rotatable bonds is 10. The monoisotopic (exact) mass is 665 g/mol.